The van der Waals surface area contributed by atoms with Crippen LogP contribution in [-0.2, 0) is 30.3 Å². The number of ether oxygens (including phenoxy) is 3. The molecule has 3 aliphatic rings. The topological polar surface area (TPSA) is 111 Å². The van der Waals surface area contributed by atoms with E-state index in [1.165, 1.54) is 0 Å². The third kappa shape index (κ3) is 7.82. The fourth-order valence-electron chi connectivity index (χ4n) is 7.17. The maximum Gasteiger partial charge on any atom is 0.407 e. The largest absolute Gasteiger partial charge is 0.462 e. The summed E-state index contributed by atoms with van der Waals surface area (Å²) in [6.07, 6.45) is 3.19. The fourth-order valence-corrected chi connectivity index (χ4v) is 7.17. The van der Waals surface area contributed by atoms with Gasteiger partial charge in [0.2, 0.25) is 0 Å². The highest BCUT2D eigenvalue weighted by atomic mass is 16.6. The molecule has 1 saturated heterocycles. The van der Waals surface area contributed by atoms with E-state index in [-0.39, 0.29) is 60.3 Å². The van der Waals surface area contributed by atoms with Gasteiger partial charge in [0.1, 0.15) is 18.3 Å². The molecule has 0 aromatic heterocycles. The van der Waals surface area contributed by atoms with Gasteiger partial charge in [0.15, 0.2) is 0 Å². The summed E-state index contributed by atoms with van der Waals surface area (Å²) in [6, 6.07) is 9.75. The van der Waals surface area contributed by atoms with Crippen LogP contribution in [0.1, 0.15) is 91.5 Å². The fraction of sp³-hybridized carbons (Fsp3) is 0.727. The van der Waals surface area contributed by atoms with Crippen molar-refractivity contribution in [2.24, 2.45) is 35.0 Å². The summed E-state index contributed by atoms with van der Waals surface area (Å²) < 4.78 is 18.0. The van der Waals surface area contributed by atoms with Crippen molar-refractivity contribution in [1.82, 2.24) is 5.32 Å². The quantitative estimate of drug-likeness (QED) is 0.285. The number of hydrogen-bond acceptors (Lipinski definition) is 7. The average molecular weight is 572 g/mol. The standard InChI is InChI=1S/C33H49NO7/c1-6-33(4,5)31(37)40-27-16-21(3)30(41-32(38)34-19-22-10-8-7-9-11-22)26-14-12-20(2)25(29(26)27)15-13-24-17-23(35)18-28(36)39-24/h7-11,20-21,23-27,29-30,35H,6,12-19H2,1-5H3,(H,34,38)/t20-,21+,23+,24+,25-,26+,27-,29?,30+/m0/s1. The molecule has 2 aliphatic carbocycles. The predicted molar refractivity (Wildman–Crippen MR) is 155 cm³/mol. The molecular formula is C33H49NO7. The summed E-state index contributed by atoms with van der Waals surface area (Å²) in [7, 11) is 0. The molecule has 2 N–H and O–H groups in total. The number of alkyl carbamates (subject to hydrolysis) is 1. The Labute approximate surface area is 244 Å². The molecule has 8 nitrogen and oxygen atoms in total. The number of rotatable bonds is 9. The van der Waals surface area contributed by atoms with Crippen LogP contribution < -0.4 is 5.32 Å². The Hall–Kier alpha value is -2.61. The summed E-state index contributed by atoms with van der Waals surface area (Å²) in [5.74, 6) is 0.175. The first kappa shape index (κ1) is 31.3. The van der Waals surface area contributed by atoms with Gasteiger partial charge in [-0.1, -0.05) is 57.5 Å². The minimum absolute atomic E-state index is 0.0303. The van der Waals surface area contributed by atoms with Crippen molar-refractivity contribution >= 4 is 18.0 Å². The lowest BCUT2D eigenvalue weighted by atomic mass is 9.57. The van der Waals surface area contributed by atoms with Crippen molar-refractivity contribution in [3.8, 4) is 0 Å². The maximum absolute atomic E-state index is 13.3. The molecule has 4 rings (SSSR count). The van der Waals surface area contributed by atoms with Gasteiger partial charge in [0.25, 0.3) is 0 Å². The first-order valence-electron chi connectivity index (χ1n) is 15.6. The van der Waals surface area contributed by atoms with Gasteiger partial charge in [-0.05, 0) is 69.3 Å². The van der Waals surface area contributed by atoms with Gasteiger partial charge in [0, 0.05) is 24.8 Å². The normalized spacial score (nSPS) is 33.7. The maximum atomic E-state index is 13.3. The molecule has 1 aliphatic heterocycles. The van der Waals surface area contributed by atoms with E-state index >= 15 is 0 Å². The summed E-state index contributed by atoms with van der Waals surface area (Å²) in [4.78, 5) is 38.2. The molecule has 1 amide bonds. The van der Waals surface area contributed by atoms with E-state index in [1.54, 1.807) is 0 Å². The van der Waals surface area contributed by atoms with E-state index in [0.29, 0.717) is 38.1 Å². The lowest BCUT2D eigenvalue weighted by Gasteiger charge is -2.53. The number of esters is 2. The van der Waals surface area contributed by atoms with Gasteiger partial charge < -0.3 is 24.6 Å². The number of aliphatic hydroxyl groups is 1. The van der Waals surface area contributed by atoms with Gasteiger partial charge in [-0.15, -0.1) is 0 Å². The van der Waals surface area contributed by atoms with Crippen LogP contribution in [0.2, 0.25) is 0 Å². The summed E-state index contributed by atoms with van der Waals surface area (Å²) in [5, 5.41) is 13.0. The van der Waals surface area contributed by atoms with E-state index in [2.05, 4.69) is 19.2 Å². The van der Waals surface area contributed by atoms with E-state index in [4.69, 9.17) is 14.2 Å². The molecule has 0 spiro atoms. The zero-order valence-corrected chi connectivity index (χ0v) is 25.3. The van der Waals surface area contributed by atoms with Crippen LogP contribution in [0, 0.1) is 35.0 Å². The van der Waals surface area contributed by atoms with Crippen molar-refractivity contribution in [2.45, 2.75) is 117 Å². The van der Waals surface area contributed by atoms with Crippen molar-refractivity contribution in [3.63, 3.8) is 0 Å². The van der Waals surface area contributed by atoms with Gasteiger partial charge in [-0.2, -0.15) is 0 Å². The van der Waals surface area contributed by atoms with Gasteiger partial charge in [-0.3, -0.25) is 9.59 Å². The van der Waals surface area contributed by atoms with Crippen LogP contribution in [0.15, 0.2) is 30.3 Å². The van der Waals surface area contributed by atoms with Crippen molar-refractivity contribution in [1.29, 1.82) is 0 Å². The number of nitrogens with one attached hydrogen (secondary N) is 1. The Morgan fingerprint density at radius 2 is 1.78 bits per heavy atom. The first-order chi connectivity index (χ1) is 19.5. The van der Waals surface area contributed by atoms with Crippen LogP contribution in [0.5, 0.6) is 0 Å². The zero-order valence-electron chi connectivity index (χ0n) is 25.3. The Morgan fingerprint density at radius 1 is 1.05 bits per heavy atom. The zero-order chi connectivity index (χ0) is 29.7. The lowest BCUT2D eigenvalue weighted by Crippen LogP contribution is -2.55. The third-order valence-corrected chi connectivity index (χ3v) is 9.97. The van der Waals surface area contributed by atoms with Gasteiger partial charge in [-0.25, -0.2) is 4.79 Å². The van der Waals surface area contributed by atoms with Crippen molar-refractivity contribution in [3.05, 3.63) is 35.9 Å². The monoisotopic (exact) mass is 571 g/mol. The highest BCUT2D eigenvalue weighted by molar-refractivity contribution is 5.76. The molecular weight excluding hydrogens is 522 g/mol. The Balaban J connectivity index is 1.52. The van der Waals surface area contributed by atoms with E-state index < -0.39 is 17.6 Å². The second-order valence-corrected chi connectivity index (χ2v) is 13.3. The number of carbonyl (C=O) groups is 3. The van der Waals surface area contributed by atoms with Crippen LogP contribution in [0.3, 0.4) is 0 Å². The van der Waals surface area contributed by atoms with E-state index in [9.17, 15) is 19.5 Å². The SMILES string of the molecule is CCC(C)(C)C(=O)O[C@H]1C[C@@H](C)[C@@H](OC(=O)NCc2ccccc2)[C@@H]2CC[C@H](C)[C@H](CC[C@@H]3C[C@@H](O)CC(=O)O3)C12. The van der Waals surface area contributed by atoms with E-state index in [0.717, 1.165) is 24.8 Å². The molecule has 8 heteroatoms. The first-order valence-corrected chi connectivity index (χ1v) is 15.6. The highest BCUT2D eigenvalue weighted by Gasteiger charge is 2.53. The summed E-state index contributed by atoms with van der Waals surface area (Å²) in [6.45, 7) is 10.6. The molecule has 3 fully saturated rings. The van der Waals surface area contributed by atoms with E-state index in [1.807, 2.05) is 51.1 Å². The molecule has 2 saturated carbocycles. The van der Waals surface area contributed by atoms with Crippen LogP contribution in [0.4, 0.5) is 4.79 Å². The van der Waals surface area contributed by atoms with Gasteiger partial charge >= 0.3 is 18.0 Å². The molecule has 0 bridgehead atoms. The molecule has 1 unspecified atom stereocenters. The second kappa shape index (κ2) is 13.6. The number of hydrogen-bond donors (Lipinski definition) is 2. The average Bonchev–Trinajstić information content (AvgIpc) is 2.93. The van der Waals surface area contributed by atoms with Crippen LogP contribution >= 0.6 is 0 Å². The number of fused-ring (bicyclic) bond motifs is 1. The van der Waals surface area contributed by atoms with Crippen molar-refractivity contribution in [2.75, 3.05) is 0 Å². The summed E-state index contributed by atoms with van der Waals surface area (Å²) >= 11 is 0. The molecule has 0 radical (unpaired) electrons. The number of carbonyl (C=O) groups excluding carboxylic acids is 3. The number of benzene rings is 1. The Morgan fingerprint density at radius 3 is 2.46 bits per heavy atom. The second-order valence-electron chi connectivity index (χ2n) is 13.3. The molecule has 41 heavy (non-hydrogen) atoms. The lowest BCUT2D eigenvalue weighted by molar-refractivity contribution is -0.183. The van der Waals surface area contributed by atoms with Gasteiger partial charge in [0.05, 0.1) is 17.9 Å². The smallest absolute Gasteiger partial charge is 0.407 e. The number of cyclic esters (lactones) is 1. The minimum atomic E-state index is -0.662. The minimum Gasteiger partial charge on any atom is -0.462 e. The molecule has 1 aromatic carbocycles. The Bertz CT molecular complexity index is 1040. The number of amides is 1. The van der Waals surface area contributed by atoms with Crippen molar-refractivity contribution < 1.29 is 33.7 Å². The molecule has 228 valence electrons. The van der Waals surface area contributed by atoms with Crippen LogP contribution in [0.25, 0.3) is 0 Å². The molecule has 9 atom stereocenters. The third-order valence-electron chi connectivity index (χ3n) is 9.97. The number of aliphatic hydroxyl groups excluding tert-OH is 1. The Kier molecular flexibility index (Phi) is 10.4. The molecule has 1 aromatic rings. The molecule has 1 heterocycles. The highest BCUT2D eigenvalue weighted by Crippen LogP contribution is 2.52. The predicted octanol–water partition coefficient (Wildman–Crippen LogP) is 5.79. The van der Waals surface area contributed by atoms with Crippen LogP contribution in [-0.4, -0.2) is 47.6 Å². The summed E-state index contributed by atoms with van der Waals surface area (Å²) in [5.41, 5.74) is 0.427.